The summed E-state index contributed by atoms with van der Waals surface area (Å²) in [6.07, 6.45) is 6.26. The zero-order valence-corrected chi connectivity index (χ0v) is 8.29. The summed E-state index contributed by atoms with van der Waals surface area (Å²) in [4.78, 5) is 0. The number of fused-ring (bicyclic) bond motifs is 2. The first-order valence-electron chi connectivity index (χ1n) is 5.48. The van der Waals surface area contributed by atoms with Gasteiger partial charge in [-0.15, -0.1) is 0 Å². The predicted molar refractivity (Wildman–Crippen MR) is 49.7 cm³/mol. The van der Waals surface area contributed by atoms with Crippen molar-refractivity contribution in [1.29, 1.82) is 0 Å². The zero-order chi connectivity index (χ0) is 8.34. The van der Waals surface area contributed by atoms with Gasteiger partial charge in [0, 0.05) is 18.3 Å². The molecule has 3 aliphatic rings. The Morgan fingerprint density at radius 3 is 2.50 bits per heavy atom. The van der Waals surface area contributed by atoms with Gasteiger partial charge in [-0.05, 0) is 25.2 Å². The van der Waals surface area contributed by atoms with Gasteiger partial charge in [0.2, 0.25) is 0 Å². The fraction of sp³-hybridized carbons (Fsp3) is 1.00. The summed E-state index contributed by atoms with van der Waals surface area (Å²) in [5.74, 6) is 3.32. The van der Waals surface area contributed by atoms with E-state index in [1.807, 2.05) is 0 Å². The highest BCUT2D eigenvalue weighted by molar-refractivity contribution is 4.94. The highest BCUT2D eigenvalue weighted by atomic mass is 15.4. The molecular weight excluding hydrogens is 146 g/mol. The third kappa shape index (κ3) is 0.834. The molecule has 1 saturated heterocycles. The molecule has 0 N–H and O–H groups in total. The Balaban J connectivity index is 1.98. The molecule has 1 heteroatoms. The normalized spacial score (nSPS) is 54.5. The van der Waals surface area contributed by atoms with Gasteiger partial charge in [-0.2, -0.15) is 0 Å². The first-order chi connectivity index (χ1) is 5.65. The Morgan fingerprint density at radius 2 is 1.67 bits per heavy atom. The highest BCUT2D eigenvalue weighted by Crippen LogP contribution is 2.52. The summed E-state index contributed by atoms with van der Waals surface area (Å²) in [7, 11) is 4.91. The van der Waals surface area contributed by atoms with E-state index in [0.717, 1.165) is 23.8 Å². The molecule has 2 aliphatic carbocycles. The van der Waals surface area contributed by atoms with Crippen LogP contribution in [0.4, 0.5) is 0 Å². The molecule has 2 saturated carbocycles. The van der Waals surface area contributed by atoms with Crippen molar-refractivity contribution in [2.24, 2.45) is 17.8 Å². The monoisotopic (exact) mass is 166 g/mol. The fourth-order valence-corrected chi connectivity index (χ4v) is 4.46. The first-order valence-corrected chi connectivity index (χ1v) is 5.48. The number of hydrogen-bond donors (Lipinski definition) is 0. The minimum Gasteiger partial charge on any atom is -0.326 e. The van der Waals surface area contributed by atoms with Crippen molar-refractivity contribution in [3.05, 3.63) is 0 Å². The Kier molecular flexibility index (Phi) is 1.27. The van der Waals surface area contributed by atoms with Crippen molar-refractivity contribution in [1.82, 2.24) is 0 Å². The van der Waals surface area contributed by atoms with E-state index in [1.54, 1.807) is 25.7 Å². The molecule has 12 heavy (non-hydrogen) atoms. The quantitative estimate of drug-likeness (QED) is 0.482. The van der Waals surface area contributed by atoms with Crippen LogP contribution in [0.5, 0.6) is 0 Å². The molecule has 0 spiro atoms. The Bertz CT molecular complexity index is 207. The van der Waals surface area contributed by atoms with Crippen molar-refractivity contribution in [3.63, 3.8) is 0 Å². The maximum absolute atomic E-state index is 2.46. The molecule has 1 nitrogen and oxygen atoms in total. The molecule has 0 radical (unpaired) electrons. The summed E-state index contributed by atoms with van der Waals surface area (Å²) in [5.41, 5.74) is 0. The van der Waals surface area contributed by atoms with Gasteiger partial charge in [0.05, 0.1) is 26.7 Å². The van der Waals surface area contributed by atoms with Crippen LogP contribution < -0.4 is 0 Å². The summed E-state index contributed by atoms with van der Waals surface area (Å²) < 4.78 is 1.34. The molecule has 0 aromatic carbocycles. The number of likely N-dealkylation sites (tertiary alicyclic amines) is 1. The van der Waals surface area contributed by atoms with E-state index in [-0.39, 0.29) is 0 Å². The average Bonchev–Trinajstić information content (AvgIpc) is 2.20. The number of quaternary nitrogens is 1. The third-order valence-corrected chi connectivity index (χ3v) is 4.68. The number of piperidine rings is 1. The van der Waals surface area contributed by atoms with Crippen LogP contribution in [0.25, 0.3) is 0 Å². The van der Waals surface area contributed by atoms with E-state index in [1.165, 1.54) is 11.0 Å². The molecule has 4 atom stereocenters. The highest BCUT2D eigenvalue weighted by Gasteiger charge is 2.53. The lowest BCUT2D eigenvalue weighted by molar-refractivity contribution is -0.925. The van der Waals surface area contributed by atoms with Crippen LogP contribution in [-0.4, -0.2) is 31.2 Å². The summed E-state index contributed by atoms with van der Waals surface area (Å²) in [5, 5.41) is 0. The van der Waals surface area contributed by atoms with Gasteiger partial charge in [-0.3, -0.25) is 0 Å². The molecule has 3 fully saturated rings. The van der Waals surface area contributed by atoms with Gasteiger partial charge in [0.1, 0.15) is 0 Å². The Labute approximate surface area is 75.3 Å². The van der Waals surface area contributed by atoms with Crippen LogP contribution in [0, 0.1) is 17.8 Å². The van der Waals surface area contributed by atoms with Gasteiger partial charge in [-0.25, -0.2) is 0 Å². The van der Waals surface area contributed by atoms with Gasteiger partial charge in [0.25, 0.3) is 0 Å². The van der Waals surface area contributed by atoms with Crippen molar-refractivity contribution in [2.75, 3.05) is 20.6 Å². The van der Waals surface area contributed by atoms with Crippen LogP contribution in [0.15, 0.2) is 0 Å². The second kappa shape index (κ2) is 2.06. The molecule has 68 valence electrons. The fourth-order valence-electron chi connectivity index (χ4n) is 4.46. The zero-order valence-electron chi connectivity index (χ0n) is 8.29. The lowest BCUT2D eigenvalue weighted by Crippen LogP contribution is -2.56. The average molecular weight is 166 g/mol. The number of nitrogens with zero attached hydrogens (tertiary/aromatic N) is 1. The maximum Gasteiger partial charge on any atom is 0.0917 e. The van der Waals surface area contributed by atoms with Crippen LogP contribution in [-0.2, 0) is 0 Å². The molecule has 4 unspecified atom stereocenters. The second-order valence-electron chi connectivity index (χ2n) is 5.96. The van der Waals surface area contributed by atoms with Gasteiger partial charge in [0.15, 0.2) is 0 Å². The molecule has 3 bridgehead atoms. The second-order valence-corrected chi connectivity index (χ2v) is 5.96. The number of rotatable bonds is 0. The van der Waals surface area contributed by atoms with E-state index in [2.05, 4.69) is 14.1 Å². The lowest BCUT2D eigenvalue weighted by Gasteiger charge is -2.46. The Morgan fingerprint density at radius 1 is 0.917 bits per heavy atom. The summed E-state index contributed by atoms with van der Waals surface area (Å²) >= 11 is 0. The van der Waals surface area contributed by atoms with E-state index < -0.39 is 0 Å². The molecule has 1 aliphatic heterocycles. The van der Waals surface area contributed by atoms with Crippen LogP contribution in [0.3, 0.4) is 0 Å². The van der Waals surface area contributed by atoms with Crippen LogP contribution >= 0.6 is 0 Å². The smallest absolute Gasteiger partial charge is 0.0917 e. The lowest BCUT2D eigenvalue weighted by atomic mass is 9.77. The van der Waals surface area contributed by atoms with Crippen LogP contribution in [0.1, 0.15) is 25.7 Å². The largest absolute Gasteiger partial charge is 0.326 e. The predicted octanol–water partition coefficient (Wildman–Crippen LogP) is 1.88. The van der Waals surface area contributed by atoms with Crippen molar-refractivity contribution < 1.29 is 4.48 Å². The molecular formula is C11H20N+. The van der Waals surface area contributed by atoms with Crippen LogP contribution in [0.2, 0.25) is 0 Å². The van der Waals surface area contributed by atoms with E-state index >= 15 is 0 Å². The minimum absolute atomic E-state index is 1.04. The molecule has 1 heterocycles. The maximum atomic E-state index is 2.46. The van der Waals surface area contributed by atoms with Gasteiger partial charge >= 0.3 is 0 Å². The molecule has 0 aromatic rings. The SMILES string of the molecule is C[N+]1(C)CC2CC3CC(C2)C1C3. The van der Waals surface area contributed by atoms with Gasteiger partial charge in [-0.1, -0.05) is 0 Å². The molecule has 3 rings (SSSR count). The van der Waals surface area contributed by atoms with Gasteiger partial charge < -0.3 is 4.48 Å². The third-order valence-electron chi connectivity index (χ3n) is 4.68. The van der Waals surface area contributed by atoms with Crippen molar-refractivity contribution in [2.45, 2.75) is 31.7 Å². The topological polar surface area (TPSA) is 0 Å². The van der Waals surface area contributed by atoms with Crippen molar-refractivity contribution >= 4 is 0 Å². The minimum atomic E-state index is 1.04. The number of hydrogen-bond acceptors (Lipinski definition) is 0. The summed E-state index contributed by atoms with van der Waals surface area (Å²) in [6, 6.07) is 1.04. The molecule has 0 aromatic heterocycles. The van der Waals surface area contributed by atoms with E-state index in [0.29, 0.717) is 0 Å². The van der Waals surface area contributed by atoms with Crippen molar-refractivity contribution in [3.8, 4) is 0 Å². The standard InChI is InChI=1S/C11H20N/c1-12(2)7-9-3-8-4-10(5-9)11(12)6-8/h8-11H,3-7H2,1-2H3/q+1. The van der Waals surface area contributed by atoms with E-state index in [9.17, 15) is 0 Å². The Hall–Kier alpha value is -0.0400. The van der Waals surface area contributed by atoms with E-state index in [4.69, 9.17) is 0 Å². The first kappa shape index (κ1) is 7.37. The molecule has 0 amide bonds. The summed E-state index contributed by atoms with van der Waals surface area (Å²) in [6.45, 7) is 1.47.